The number of benzene rings is 1. The fourth-order valence-electron chi connectivity index (χ4n) is 1.77. The molecule has 0 heterocycles. The molecule has 114 valence electrons. The maximum atomic E-state index is 13.9. The number of ether oxygens (including phenoxy) is 1. The molecule has 1 rings (SSSR count). The van der Waals surface area contributed by atoms with E-state index >= 15 is 0 Å². The van der Waals surface area contributed by atoms with Crippen molar-refractivity contribution >= 4 is 26.0 Å². The number of methoxy groups -OCH3 is 1. The van der Waals surface area contributed by atoms with Crippen molar-refractivity contribution in [3.8, 4) is 0 Å². The summed E-state index contributed by atoms with van der Waals surface area (Å²) in [5.74, 6) is -0.759. The Bertz CT molecular complexity index is 551. The van der Waals surface area contributed by atoms with Gasteiger partial charge in [-0.25, -0.2) is 12.8 Å². The van der Waals surface area contributed by atoms with Crippen molar-refractivity contribution in [2.75, 3.05) is 20.3 Å². The Morgan fingerprint density at radius 2 is 2.10 bits per heavy atom. The van der Waals surface area contributed by atoms with Gasteiger partial charge in [0.1, 0.15) is 10.7 Å². The third-order valence-electron chi connectivity index (χ3n) is 3.08. The lowest BCUT2D eigenvalue weighted by Crippen LogP contribution is -2.40. The first-order valence-corrected chi connectivity index (χ1v) is 8.53. The standard InChI is InChI=1S/C13H19BrFNO3S/c1-4-10(2)16(7-8-19-3)20(17,18)13-6-5-11(14)9-12(13)15/h5-6,9-10H,4,7-8H2,1-3H3. The molecular weight excluding hydrogens is 349 g/mol. The molecule has 1 aromatic rings. The summed E-state index contributed by atoms with van der Waals surface area (Å²) in [5.41, 5.74) is 0. The molecule has 0 fully saturated rings. The summed E-state index contributed by atoms with van der Waals surface area (Å²) < 4.78 is 45.8. The first-order chi connectivity index (χ1) is 9.34. The zero-order valence-electron chi connectivity index (χ0n) is 11.8. The highest BCUT2D eigenvalue weighted by atomic mass is 79.9. The highest BCUT2D eigenvalue weighted by molar-refractivity contribution is 9.10. The first-order valence-electron chi connectivity index (χ1n) is 6.30. The second-order valence-corrected chi connectivity index (χ2v) is 7.22. The summed E-state index contributed by atoms with van der Waals surface area (Å²) in [5, 5.41) is 0. The molecule has 0 radical (unpaired) electrons. The van der Waals surface area contributed by atoms with E-state index in [1.165, 1.54) is 23.5 Å². The van der Waals surface area contributed by atoms with Crippen LogP contribution in [0, 0.1) is 5.82 Å². The van der Waals surface area contributed by atoms with Crippen LogP contribution < -0.4 is 0 Å². The third kappa shape index (κ3) is 4.00. The van der Waals surface area contributed by atoms with Gasteiger partial charge in [0.25, 0.3) is 0 Å². The van der Waals surface area contributed by atoms with Gasteiger partial charge in [0, 0.05) is 24.2 Å². The van der Waals surface area contributed by atoms with E-state index in [0.717, 1.165) is 6.07 Å². The minimum Gasteiger partial charge on any atom is -0.383 e. The maximum Gasteiger partial charge on any atom is 0.246 e. The summed E-state index contributed by atoms with van der Waals surface area (Å²) in [6.45, 7) is 4.15. The Kier molecular flexibility index (Phi) is 6.57. The molecule has 0 saturated heterocycles. The lowest BCUT2D eigenvalue weighted by atomic mass is 10.3. The zero-order valence-corrected chi connectivity index (χ0v) is 14.2. The largest absolute Gasteiger partial charge is 0.383 e. The highest BCUT2D eigenvalue weighted by Crippen LogP contribution is 2.24. The van der Waals surface area contributed by atoms with Gasteiger partial charge in [-0.3, -0.25) is 0 Å². The minimum absolute atomic E-state index is 0.198. The van der Waals surface area contributed by atoms with E-state index in [2.05, 4.69) is 15.9 Å². The number of halogens is 2. The van der Waals surface area contributed by atoms with Gasteiger partial charge in [0.05, 0.1) is 6.61 Å². The molecule has 0 N–H and O–H groups in total. The Balaban J connectivity index is 3.21. The van der Waals surface area contributed by atoms with E-state index in [9.17, 15) is 12.8 Å². The second-order valence-electron chi connectivity index (χ2n) is 4.44. The molecule has 0 bridgehead atoms. The molecule has 1 atom stereocenters. The monoisotopic (exact) mass is 367 g/mol. The quantitative estimate of drug-likeness (QED) is 0.743. The Labute approximate surface area is 128 Å². The lowest BCUT2D eigenvalue weighted by Gasteiger charge is -2.27. The van der Waals surface area contributed by atoms with Gasteiger partial charge in [0.2, 0.25) is 10.0 Å². The van der Waals surface area contributed by atoms with Crippen molar-refractivity contribution in [3.63, 3.8) is 0 Å². The fourth-order valence-corrected chi connectivity index (χ4v) is 3.84. The van der Waals surface area contributed by atoms with Crippen LogP contribution in [0.25, 0.3) is 0 Å². The molecule has 0 saturated carbocycles. The van der Waals surface area contributed by atoms with Crippen LogP contribution in [0.4, 0.5) is 4.39 Å². The van der Waals surface area contributed by atoms with E-state index < -0.39 is 15.8 Å². The molecule has 0 aliphatic heterocycles. The normalized spacial score (nSPS) is 13.7. The maximum absolute atomic E-state index is 13.9. The molecule has 1 aromatic carbocycles. The lowest BCUT2D eigenvalue weighted by molar-refractivity contribution is 0.167. The molecule has 1 unspecified atom stereocenters. The van der Waals surface area contributed by atoms with Gasteiger partial charge >= 0.3 is 0 Å². The van der Waals surface area contributed by atoms with Crippen molar-refractivity contribution in [1.82, 2.24) is 4.31 Å². The van der Waals surface area contributed by atoms with Crippen LogP contribution in [0.5, 0.6) is 0 Å². The number of sulfonamides is 1. The van der Waals surface area contributed by atoms with Gasteiger partial charge in [0.15, 0.2) is 0 Å². The summed E-state index contributed by atoms with van der Waals surface area (Å²) >= 11 is 3.12. The summed E-state index contributed by atoms with van der Waals surface area (Å²) in [6, 6.07) is 3.72. The number of hydrogen-bond donors (Lipinski definition) is 0. The van der Waals surface area contributed by atoms with Crippen molar-refractivity contribution in [3.05, 3.63) is 28.5 Å². The second kappa shape index (κ2) is 7.49. The fraction of sp³-hybridized carbons (Fsp3) is 0.538. The van der Waals surface area contributed by atoms with Crippen molar-refractivity contribution in [2.24, 2.45) is 0 Å². The van der Waals surface area contributed by atoms with E-state index in [4.69, 9.17) is 4.74 Å². The van der Waals surface area contributed by atoms with Crippen molar-refractivity contribution in [2.45, 2.75) is 31.2 Å². The van der Waals surface area contributed by atoms with Crippen LogP contribution in [0.2, 0.25) is 0 Å². The summed E-state index contributed by atoms with van der Waals surface area (Å²) in [7, 11) is -2.37. The van der Waals surface area contributed by atoms with Crippen LogP contribution in [-0.4, -0.2) is 39.0 Å². The SMILES string of the molecule is CCC(C)N(CCOC)S(=O)(=O)c1ccc(Br)cc1F. The van der Waals surface area contributed by atoms with Crippen LogP contribution in [-0.2, 0) is 14.8 Å². The summed E-state index contributed by atoms with van der Waals surface area (Å²) in [6.07, 6.45) is 0.640. The van der Waals surface area contributed by atoms with E-state index in [-0.39, 0.29) is 24.1 Å². The minimum atomic E-state index is -3.87. The molecule has 4 nitrogen and oxygen atoms in total. The molecule has 0 spiro atoms. The topological polar surface area (TPSA) is 46.6 Å². The smallest absolute Gasteiger partial charge is 0.246 e. The van der Waals surface area contributed by atoms with Crippen molar-refractivity contribution < 1.29 is 17.5 Å². The first kappa shape index (κ1) is 17.6. The highest BCUT2D eigenvalue weighted by Gasteiger charge is 2.30. The molecule has 7 heteroatoms. The zero-order chi connectivity index (χ0) is 15.3. The molecule has 0 aromatic heterocycles. The van der Waals surface area contributed by atoms with Gasteiger partial charge in [-0.2, -0.15) is 4.31 Å². The van der Waals surface area contributed by atoms with Gasteiger partial charge in [-0.05, 0) is 31.5 Å². The Hall–Kier alpha value is -0.500. The Morgan fingerprint density at radius 3 is 2.60 bits per heavy atom. The van der Waals surface area contributed by atoms with Gasteiger partial charge in [-0.1, -0.05) is 22.9 Å². The van der Waals surface area contributed by atoms with Gasteiger partial charge in [-0.15, -0.1) is 0 Å². The number of nitrogens with zero attached hydrogens (tertiary/aromatic N) is 1. The van der Waals surface area contributed by atoms with E-state index in [1.807, 2.05) is 6.92 Å². The Morgan fingerprint density at radius 1 is 1.45 bits per heavy atom. The molecule has 0 aliphatic carbocycles. The molecular formula is C13H19BrFNO3S. The van der Waals surface area contributed by atoms with Crippen LogP contribution in [0.1, 0.15) is 20.3 Å². The number of rotatable bonds is 7. The van der Waals surface area contributed by atoms with Crippen molar-refractivity contribution in [1.29, 1.82) is 0 Å². The predicted molar refractivity (Wildman–Crippen MR) is 79.6 cm³/mol. The molecule has 20 heavy (non-hydrogen) atoms. The van der Waals surface area contributed by atoms with Crippen LogP contribution in [0.15, 0.2) is 27.6 Å². The van der Waals surface area contributed by atoms with Crippen LogP contribution in [0.3, 0.4) is 0 Å². The van der Waals surface area contributed by atoms with Gasteiger partial charge < -0.3 is 4.74 Å². The number of hydrogen-bond acceptors (Lipinski definition) is 3. The molecule has 0 amide bonds. The average Bonchev–Trinajstić information content (AvgIpc) is 2.38. The van der Waals surface area contributed by atoms with Crippen LogP contribution >= 0.6 is 15.9 Å². The third-order valence-corrected chi connectivity index (χ3v) is 5.62. The molecule has 0 aliphatic rings. The predicted octanol–water partition coefficient (Wildman–Crippen LogP) is 3.02. The summed E-state index contributed by atoms with van der Waals surface area (Å²) in [4.78, 5) is -0.308. The van der Waals surface area contributed by atoms with E-state index in [1.54, 1.807) is 6.92 Å². The average molecular weight is 368 g/mol. The van der Waals surface area contributed by atoms with E-state index in [0.29, 0.717) is 10.9 Å².